The van der Waals surface area contributed by atoms with Crippen molar-refractivity contribution in [2.75, 3.05) is 13.1 Å². The van der Waals surface area contributed by atoms with Crippen molar-refractivity contribution >= 4 is 17.1 Å². The maximum atomic E-state index is 13.9. The molecule has 0 unspecified atom stereocenters. The number of aromatic hydroxyl groups is 1. The number of benzene rings is 2. The highest BCUT2D eigenvalue weighted by Gasteiger charge is 2.37. The molecule has 0 amide bonds. The van der Waals surface area contributed by atoms with Crippen LogP contribution in [-0.2, 0) is 10.8 Å². The lowest BCUT2D eigenvalue weighted by atomic mass is 9.75. The Morgan fingerprint density at radius 1 is 0.758 bits per heavy atom. The van der Waals surface area contributed by atoms with Crippen LogP contribution in [0.1, 0.15) is 98.2 Å². The van der Waals surface area contributed by atoms with Crippen LogP contribution >= 0.6 is 0 Å². The number of carbonyl (C=O) groups excluding carboxylic acids is 2. The van der Waals surface area contributed by atoms with Crippen LogP contribution in [0.4, 0.5) is 0 Å². The number of allylic oxidation sites excluding steroid dienone is 2. The summed E-state index contributed by atoms with van der Waals surface area (Å²) in [5.41, 5.74) is 3.57. The van der Waals surface area contributed by atoms with Gasteiger partial charge >= 0.3 is 0 Å². The summed E-state index contributed by atoms with van der Waals surface area (Å²) in [5, 5.41) is 11.2. The summed E-state index contributed by atoms with van der Waals surface area (Å²) in [7, 11) is 0. The van der Waals surface area contributed by atoms with Crippen LogP contribution in [0.2, 0.25) is 0 Å². The molecule has 1 fully saturated rings. The van der Waals surface area contributed by atoms with Crippen molar-refractivity contribution in [2.24, 2.45) is 0 Å². The van der Waals surface area contributed by atoms with E-state index in [9.17, 15) is 14.7 Å². The summed E-state index contributed by atoms with van der Waals surface area (Å²) in [6, 6.07) is 11.0. The zero-order valence-electron chi connectivity index (χ0n) is 20.7. The van der Waals surface area contributed by atoms with Gasteiger partial charge in [-0.2, -0.15) is 0 Å². The molecule has 1 heterocycles. The molecule has 0 radical (unpaired) electrons. The van der Waals surface area contributed by atoms with Crippen molar-refractivity contribution in [1.29, 1.82) is 0 Å². The monoisotopic (exact) mass is 445 g/mol. The van der Waals surface area contributed by atoms with Gasteiger partial charge in [0.15, 0.2) is 5.78 Å². The van der Waals surface area contributed by atoms with Crippen molar-refractivity contribution in [3.05, 3.63) is 69.9 Å². The number of phenols is 1. The SMILES string of the molecule is CC(C)(C)c1cc(C2=C(N3CCCCC3)C(=O)c3ccccc3C2=O)cc(C(C)(C)C)c1O. The summed E-state index contributed by atoms with van der Waals surface area (Å²) in [5.74, 6) is 0.0785. The van der Waals surface area contributed by atoms with Gasteiger partial charge in [0.1, 0.15) is 5.75 Å². The first kappa shape index (κ1) is 23.3. The Balaban J connectivity index is 2.05. The van der Waals surface area contributed by atoms with Crippen molar-refractivity contribution in [1.82, 2.24) is 4.90 Å². The van der Waals surface area contributed by atoms with Crippen LogP contribution in [-0.4, -0.2) is 34.7 Å². The van der Waals surface area contributed by atoms with E-state index in [2.05, 4.69) is 46.4 Å². The fourth-order valence-electron chi connectivity index (χ4n) is 4.97. The number of phenolic OH excluding ortho intramolecular Hbond substituents is 1. The molecule has 4 nitrogen and oxygen atoms in total. The van der Waals surface area contributed by atoms with Gasteiger partial charge in [-0.15, -0.1) is 0 Å². The van der Waals surface area contributed by atoms with Crippen LogP contribution in [0, 0.1) is 0 Å². The minimum Gasteiger partial charge on any atom is -0.507 e. The average Bonchev–Trinajstić information content (AvgIpc) is 2.75. The Labute approximate surface area is 197 Å². The van der Waals surface area contributed by atoms with Gasteiger partial charge in [0, 0.05) is 35.3 Å². The Morgan fingerprint density at radius 2 is 1.24 bits per heavy atom. The third-order valence-corrected chi connectivity index (χ3v) is 6.78. The molecule has 0 saturated carbocycles. The van der Waals surface area contributed by atoms with E-state index in [4.69, 9.17) is 0 Å². The van der Waals surface area contributed by atoms with E-state index >= 15 is 0 Å². The molecule has 1 aliphatic carbocycles. The van der Waals surface area contributed by atoms with E-state index in [1.165, 1.54) is 0 Å². The molecule has 0 aromatic heterocycles. The van der Waals surface area contributed by atoms with Gasteiger partial charge in [0.2, 0.25) is 5.78 Å². The van der Waals surface area contributed by atoms with E-state index < -0.39 is 0 Å². The number of ketones is 2. The molecule has 4 heteroatoms. The largest absolute Gasteiger partial charge is 0.507 e. The smallest absolute Gasteiger partial charge is 0.210 e. The average molecular weight is 446 g/mol. The Bertz CT molecular complexity index is 1120. The molecule has 0 atom stereocenters. The van der Waals surface area contributed by atoms with Crippen LogP contribution in [0.25, 0.3) is 5.57 Å². The lowest BCUT2D eigenvalue weighted by Gasteiger charge is -2.35. The molecule has 1 saturated heterocycles. The molecule has 0 bridgehead atoms. The Morgan fingerprint density at radius 3 is 1.73 bits per heavy atom. The molecule has 2 aromatic rings. The van der Waals surface area contributed by atoms with E-state index in [0.717, 1.165) is 49.0 Å². The maximum Gasteiger partial charge on any atom is 0.210 e. The fraction of sp³-hybridized carbons (Fsp3) is 0.448. The standard InChI is InChI=1S/C29H35NO3/c1-28(2,3)21-16-18(17-22(27(21)33)29(4,5)6)23-24(30-14-10-7-11-15-30)26(32)20-13-9-8-12-19(20)25(23)31/h8-9,12-13,16-17,33H,7,10-11,14-15H2,1-6H3. The zero-order chi connectivity index (χ0) is 24.1. The predicted octanol–water partition coefficient (Wildman–Crippen LogP) is 6.26. The van der Waals surface area contributed by atoms with Crippen LogP contribution < -0.4 is 0 Å². The number of piperidine rings is 1. The van der Waals surface area contributed by atoms with Crippen LogP contribution in [0.3, 0.4) is 0 Å². The number of Topliss-reactive ketones (excluding diaryl/α,β-unsaturated/α-hetero) is 2. The van der Waals surface area contributed by atoms with Gasteiger partial charge in [-0.25, -0.2) is 0 Å². The fourth-order valence-corrected chi connectivity index (χ4v) is 4.97. The van der Waals surface area contributed by atoms with Gasteiger partial charge in [0.05, 0.1) is 11.3 Å². The molecule has 174 valence electrons. The highest BCUT2D eigenvalue weighted by molar-refractivity contribution is 6.40. The van der Waals surface area contributed by atoms with E-state index in [-0.39, 0.29) is 28.1 Å². The lowest BCUT2D eigenvalue weighted by Crippen LogP contribution is -2.37. The van der Waals surface area contributed by atoms with Crippen LogP contribution in [0.5, 0.6) is 5.75 Å². The molecule has 4 rings (SSSR count). The van der Waals surface area contributed by atoms with E-state index in [1.54, 1.807) is 12.1 Å². The van der Waals surface area contributed by atoms with Crippen molar-refractivity contribution in [2.45, 2.75) is 71.6 Å². The third-order valence-electron chi connectivity index (χ3n) is 6.78. The molecule has 0 spiro atoms. The second-order valence-electron chi connectivity index (χ2n) is 11.4. The molecule has 1 N–H and O–H groups in total. The summed E-state index contributed by atoms with van der Waals surface area (Å²) in [6.45, 7) is 13.9. The number of hydrogen-bond donors (Lipinski definition) is 1. The maximum absolute atomic E-state index is 13.9. The molecule has 33 heavy (non-hydrogen) atoms. The molecule has 1 aliphatic heterocycles. The number of hydrogen-bond acceptors (Lipinski definition) is 4. The highest BCUT2D eigenvalue weighted by atomic mass is 16.3. The number of rotatable bonds is 2. The van der Waals surface area contributed by atoms with Gasteiger partial charge in [-0.1, -0.05) is 65.8 Å². The number of likely N-dealkylation sites (tertiary alicyclic amines) is 1. The first-order valence-electron chi connectivity index (χ1n) is 12.0. The lowest BCUT2D eigenvalue weighted by molar-refractivity contribution is 0.0951. The predicted molar refractivity (Wildman–Crippen MR) is 133 cm³/mol. The van der Waals surface area contributed by atoms with Crippen molar-refractivity contribution in [3.63, 3.8) is 0 Å². The summed E-state index contributed by atoms with van der Waals surface area (Å²) < 4.78 is 0. The summed E-state index contributed by atoms with van der Waals surface area (Å²) in [4.78, 5) is 29.8. The van der Waals surface area contributed by atoms with Gasteiger partial charge in [0.25, 0.3) is 0 Å². The Hall–Kier alpha value is -2.88. The summed E-state index contributed by atoms with van der Waals surface area (Å²) >= 11 is 0. The van der Waals surface area contributed by atoms with Crippen molar-refractivity contribution < 1.29 is 14.7 Å². The second-order valence-corrected chi connectivity index (χ2v) is 11.4. The van der Waals surface area contributed by atoms with E-state index in [0.29, 0.717) is 22.4 Å². The first-order valence-corrected chi connectivity index (χ1v) is 12.0. The third kappa shape index (κ3) is 4.12. The number of carbonyl (C=O) groups is 2. The second kappa shape index (κ2) is 8.16. The molecule has 2 aromatic carbocycles. The minimum absolute atomic E-state index is 0.0789. The quantitative estimate of drug-likeness (QED) is 0.592. The number of fused-ring (bicyclic) bond motifs is 1. The van der Waals surface area contributed by atoms with Crippen LogP contribution in [0.15, 0.2) is 42.1 Å². The molecule has 2 aliphatic rings. The number of nitrogens with zero attached hydrogens (tertiary/aromatic N) is 1. The first-order chi connectivity index (χ1) is 15.4. The van der Waals surface area contributed by atoms with E-state index in [1.807, 2.05) is 24.3 Å². The Kier molecular flexibility index (Phi) is 5.76. The zero-order valence-corrected chi connectivity index (χ0v) is 20.7. The normalized spacial score (nSPS) is 17.5. The van der Waals surface area contributed by atoms with Gasteiger partial charge in [-0.05, 0) is 47.8 Å². The minimum atomic E-state index is -0.328. The van der Waals surface area contributed by atoms with Crippen molar-refractivity contribution in [3.8, 4) is 5.75 Å². The highest BCUT2D eigenvalue weighted by Crippen LogP contribution is 2.43. The van der Waals surface area contributed by atoms with Gasteiger partial charge < -0.3 is 10.0 Å². The molecular weight excluding hydrogens is 410 g/mol. The topological polar surface area (TPSA) is 57.6 Å². The summed E-state index contributed by atoms with van der Waals surface area (Å²) in [6.07, 6.45) is 3.16. The van der Waals surface area contributed by atoms with Gasteiger partial charge in [-0.3, -0.25) is 9.59 Å². The molecular formula is C29H35NO3.